The third kappa shape index (κ3) is 4.32. The number of benzene rings is 1. The van der Waals surface area contributed by atoms with Crippen molar-refractivity contribution in [3.05, 3.63) is 74.8 Å². The minimum atomic E-state index is -0.834. The van der Waals surface area contributed by atoms with Crippen molar-refractivity contribution >= 4 is 29.0 Å². The molecule has 1 unspecified atom stereocenters. The summed E-state index contributed by atoms with van der Waals surface area (Å²) in [4.78, 5) is 55.0. The second-order valence-corrected chi connectivity index (χ2v) is 7.89. The minimum absolute atomic E-state index is 0.0855. The average molecular weight is 451 g/mol. The number of hydrogen-bond acceptors (Lipinski definition) is 6. The van der Waals surface area contributed by atoms with Crippen LogP contribution < -0.4 is 27.2 Å². The van der Waals surface area contributed by atoms with Crippen LogP contribution in [-0.4, -0.2) is 21.4 Å². The van der Waals surface area contributed by atoms with Crippen molar-refractivity contribution in [3.63, 3.8) is 0 Å². The molecule has 3 aromatic rings. The van der Waals surface area contributed by atoms with Crippen LogP contribution in [0.3, 0.4) is 0 Å². The molecular formula is C23H25N5O5. The topological polar surface area (TPSA) is 143 Å². The molecule has 33 heavy (non-hydrogen) atoms. The number of fused-ring (bicyclic) bond motifs is 1. The van der Waals surface area contributed by atoms with Gasteiger partial charge in [0.05, 0.1) is 18.7 Å². The highest BCUT2D eigenvalue weighted by atomic mass is 16.3. The fourth-order valence-electron chi connectivity index (χ4n) is 4.02. The third-order valence-electron chi connectivity index (χ3n) is 5.68. The zero-order valence-electron chi connectivity index (χ0n) is 18.2. The van der Waals surface area contributed by atoms with E-state index in [1.54, 1.807) is 36.4 Å². The lowest BCUT2D eigenvalue weighted by molar-refractivity contribution is -0.124. The Hall–Kier alpha value is -4.08. The van der Waals surface area contributed by atoms with E-state index < -0.39 is 23.1 Å². The van der Waals surface area contributed by atoms with Crippen molar-refractivity contribution in [2.24, 2.45) is 0 Å². The number of nitrogens with zero attached hydrogens (tertiary/aromatic N) is 2. The molecule has 0 aliphatic carbocycles. The Morgan fingerprint density at radius 3 is 2.73 bits per heavy atom. The number of hydrogen-bond donors (Lipinski definition) is 3. The molecule has 2 aromatic heterocycles. The molecule has 4 N–H and O–H groups in total. The maximum atomic E-state index is 13.9. The Labute approximate surface area is 189 Å². The number of furan rings is 1. The van der Waals surface area contributed by atoms with E-state index in [9.17, 15) is 19.2 Å². The first kappa shape index (κ1) is 22.1. The van der Waals surface area contributed by atoms with Gasteiger partial charge < -0.3 is 15.5 Å². The van der Waals surface area contributed by atoms with E-state index in [0.717, 1.165) is 6.42 Å². The molecule has 10 nitrogen and oxygen atoms in total. The van der Waals surface area contributed by atoms with Gasteiger partial charge in [-0.15, -0.1) is 0 Å². The molecule has 10 heteroatoms. The van der Waals surface area contributed by atoms with Crippen molar-refractivity contribution in [1.82, 2.24) is 9.55 Å². The summed E-state index contributed by atoms with van der Waals surface area (Å²) in [5.74, 6) is -1.32. The number of aromatic nitrogens is 2. The number of H-pyrrole nitrogens is 1. The van der Waals surface area contributed by atoms with E-state index in [2.05, 4.69) is 10.3 Å². The maximum absolute atomic E-state index is 13.9. The number of para-hydroxylation sites is 1. The van der Waals surface area contributed by atoms with Gasteiger partial charge in [0.1, 0.15) is 11.6 Å². The lowest BCUT2D eigenvalue weighted by Gasteiger charge is -2.30. The fraction of sp³-hybridized carbons (Fsp3) is 0.304. The van der Waals surface area contributed by atoms with E-state index in [4.69, 9.17) is 10.2 Å². The van der Waals surface area contributed by atoms with E-state index in [1.165, 1.54) is 15.7 Å². The number of aromatic amines is 1. The summed E-state index contributed by atoms with van der Waals surface area (Å²) in [5, 5.41) is 2.77. The molecule has 3 heterocycles. The van der Waals surface area contributed by atoms with Crippen LogP contribution in [0.25, 0.3) is 0 Å². The number of nitrogens with two attached hydrogens (primary N) is 1. The standard InChI is InChI=1S/C23H25N5O5/c1-2-3-10-27-20(24)19(21(30)26-23(27)32)28(13-14-7-6-11-33-14)22(31)16-12-18(29)25-17-9-5-4-8-15(16)17/h4-9,11,16H,2-3,10,12-13,24H2,1H3,(H,25,29)(H,26,30,32). The van der Waals surface area contributed by atoms with Crippen LogP contribution in [0.2, 0.25) is 0 Å². The summed E-state index contributed by atoms with van der Waals surface area (Å²) < 4.78 is 6.67. The Bertz CT molecular complexity index is 1290. The smallest absolute Gasteiger partial charge is 0.330 e. The predicted octanol–water partition coefficient (Wildman–Crippen LogP) is 2.17. The number of nitrogens with one attached hydrogen (secondary N) is 2. The van der Waals surface area contributed by atoms with Crippen molar-refractivity contribution in [2.75, 3.05) is 16.0 Å². The summed E-state index contributed by atoms with van der Waals surface area (Å²) in [5.41, 5.74) is 5.91. The highest BCUT2D eigenvalue weighted by Crippen LogP contribution is 2.35. The van der Waals surface area contributed by atoms with Crippen LogP contribution in [-0.2, 0) is 22.7 Å². The summed E-state index contributed by atoms with van der Waals surface area (Å²) in [6.45, 7) is 2.17. The first-order chi connectivity index (χ1) is 15.9. The van der Waals surface area contributed by atoms with E-state index in [0.29, 0.717) is 30.0 Å². The number of nitrogen functional groups attached to an aromatic ring is 1. The summed E-state index contributed by atoms with van der Waals surface area (Å²) in [6.07, 6.45) is 2.84. The fourth-order valence-corrected chi connectivity index (χ4v) is 4.02. The van der Waals surface area contributed by atoms with Gasteiger partial charge >= 0.3 is 5.69 Å². The van der Waals surface area contributed by atoms with Crippen molar-refractivity contribution in [2.45, 2.75) is 45.2 Å². The van der Waals surface area contributed by atoms with Gasteiger partial charge in [0.25, 0.3) is 5.56 Å². The van der Waals surface area contributed by atoms with Crippen molar-refractivity contribution in [1.29, 1.82) is 0 Å². The second-order valence-electron chi connectivity index (χ2n) is 7.89. The van der Waals surface area contributed by atoms with Gasteiger partial charge in [-0.05, 0) is 30.2 Å². The normalized spacial score (nSPS) is 15.1. The minimum Gasteiger partial charge on any atom is -0.467 e. The molecule has 2 amide bonds. The zero-order valence-corrected chi connectivity index (χ0v) is 18.2. The Morgan fingerprint density at radius 1 is 1.21 bits per heavy atom. The lowest BCUT2D eigenvalue weighted by Crippen LogP contribution is -2.44. The van der Waals surface area contributed by atoms with Gasteiger partial charge in [0.15, 0.2) is 5.69 Å². The SMILES string of the molecule is CCCCn1c(N)c(N(Cc2ccco2)C(=O)C2CC(=O)Nc3ccccc32)c(=O)[nH]c1=O. The summed E-state index contributed by atoms with van der Waals surface area (Å²) in [6, 6.07) is 10.3. The van der Waals surface area contributed by atoms with Crippen LogP contribution in [0.15, 0.2) is 56.7 Å². The molecule has 172 valence electrons. The Morgan fingerprint density at radius 2 is 2.00 bits per heavy atom. The molecule has 0 bridgehead atoms. The number of carbonyl (C=O) groups is 2. The molecule has 1 atom stereocenters. The molecule has 0 spiro atoms. The van der Waals surface area contributed by atoms with Gasteiger partial charge in [-0.25, -0.2) is 4.79 Å². The Kier molecular flexibility index (Phi) is 6.16. The average Bonchev–Trinajstić information content (AvgIpc) is 3.30. The highest BCUT2D eigenvalue weighted by molar-refractivity contribution is 6.06. The maximum Gasteiger partial charge on any atom is 0.330 e. The zero-order chi connectivity index (χ0) is 23.5. The molecule has 0 fully saturated rings. The summed E-state index contributed by atoms with van der Waals surface area (Å²) in [7, 11) is 0. The second kappa shape index (κ2) is 9.19. The number of anilines is 3. The van der Waals surface area contributed by atoms with Crippen LogP contribution >= 0.6 is 0 Å². The van der Waals surface area contributed by atoms with Gasteiger partial charge in [-0.1, -0.05) is 31.5 Å². The van der Waals surface area contributed by atoms with Gasteiger partial charge in [0.2, 0.25) is 11.8 Å². The van der Waals surface area contributed by atoms with Crippen molar-refractivity contribution < 1.29 is 14.0 Å². The quantitative estimate of drug-likeness (QED) is 0.502. The third-order valence-corrected chi connectivity index (χ3v) is 5.68. The van der Waals surface area contributed by atoms with Crippen LogP contribution in [0.4, 0.5) is 17.2 Å². The number of rotatable bonds is 7. The van der Waals surface area contributed by atoms with Gasteiger partial charge in [0, 0.05) is 18.7 Å². The number of amides is 2. The molecule has 0 radical (unpaired) electrons. The number of carbonyl (C=O) groups excluding carboxylic acids is 2. The molecule has 1 aliphatic rings. The number of unbranched alkanes of at least 4 members (excludes halogenated alkanes) is 1. The summed E-state index contributed by atoms with van der Waals surface area (Å²) >= 11 is 0. The van der Waals surface area contributed by atoms with Crippen molar-refractivity contribution in [3.8, 4) is 0 Å². The molecule has 1 aromatic carbocycles. The Balaban J connectivity index is 1.84. The van der Waals surface area contributed by atoms with Crippen LogP contribution in [0.5, 0.6) is 0 Å². The van der Waals surface area contributed by atoms with Crippen LogP contribution in [0.1, 0.15) is 43.4 Å². The van der Waals surface area contributed by atoms with E-state index >= 15 is 0 Å². The van der Waals surface area contributed by atoms with E-state index in [-0.39, 0.29) is 30.4 Å². The first-order valence-corrected chi connectivity index (χ1v) is 10.8. The van der Waals surface area contributed by atoms with Gasteiger partial charge in [-0.2, -0.15) is 0 Å². The van der Waals surface area contributed by atoms with Crippen LogP contribution in [0, 0.1) is 0 Å². The molecule has 0 saturated heterocycles. The largest absolute Gasteiger partial charge is 0.467 e. The van der Waals surface area contributed by atoms with Gasteiger partial charge in [-0.3, -0.25) is 28.8 Å². The first-order valence-electron chi connectivity index (χ1n) is 10.8. The molecular weight excluding hydrogens is 426 g/mol. The van der Waals surface area contributed by atoms with E-state index in [1.807, 2.05) is 6.92 Å². The molecule has 0 saturated carbocycles. The highest BCUT2D eigenvalue weighted by Gasteiger charge is 2.36. The molecule has 4 rings (SSSR count). The lowest BCUT2D eigenvalue weighted by atomic mass is 9.89. The predicted molar refractivity (Wildman–Crippen MR) is 123 cm³/mol. The molecule has 1 aliphatic heterocycles. The monoisotopic (exact) mass is 451 g/mol.